The van der Waals surface area contributed by atoms with Crippen LogP contribution in [-0.4, -0.2) is 71.8 Å². The molecule has 0 spiro atoms. The van der Waals surface area contributed by atoms with Gasteiger partial charge in [-0.2, -0.15) is 19.0 Å². The number of halogens is 7. The highest BCUT2D eigenvalue weighted by atomic mass is 35.5. The number of fused-ring (bicyclic) bond motifs is 5. The molecule has 5 heterocycles. The average molecular weight is 914 g/mol. The van der Waals surface area contributed by atoms with Gasteiger partial charge >= 0.3 is 0 Å². The van der Waals surface area contributed by atoms with Crippen LogP contribution in [-0.2, 0) is 40.8 Å². The molecule has 326 valence electrons. The van der Waals surface area contributed by atoms with Crippen molar-refractivity contribution >= 4 is 55.3 Å². The first-order chi connectivity index (χ1) is 29.8. The van der Waals surface area contributed by atoms with Gasteiger partial charge in [0.05, 0.1) is 64.5 Å². The van der Waals surface area contributed by atoms with Gasteiger partial charge in [0.15, 0.2) is 11.5 Å². The van der Waals surface area contributed by atoms with E-state index in [1.54, 1.807) is 0 Å². The number of hydrogen-bond acceptors (Lipinski definition) is 11. The van der Waals surface area contributed by atoms with Crippen molar-refractivity contribution in [1.29, 1.82) is 0 Å². The molecule has 2 aliphatic rings. The highest BCUT2D eigenvalue weighted by molar-refractivity contribution is 7.92. The Morgan fingerprint density at radius 1 is 1.03 bits per heavy atom. The summed E-state index contributed by atoms with van der Waals surface area (Å²) in [6.07, 6.45) is -0.148. The highest BCUT2D eigenvalue weighted by Gasteiger charge is 2.67. The molecule has 0 radical (unpaired) electrons. The van der Waals surface area contributed by atoms with Crippen LogP contribution in [0.2, 0.25) is 5.02 Å². The van der Waals surface area contributed by atoms with Gasteiger partial charge in [-0.05, 0) is 54.3 Å². The number of anilines is 1. The number of nitrogens with zero attached hydrogens (tertiary/aromatic N) is 9. The molecule has 9 rings (SSSR count). The number of aromatic nitrogens is 9. The number of ether oxygens (including phenoxy) is 1. The summed E-state index contributed by atoms with van der Waals surface area (Å²) in [5.41, 5.74) is -2.70. The average Bonchev–Trinajstić information content (AvgIpc) is 3.75. The zero-order chi connectivity index (χ0) is 44.9. The molecule has 24 heteroatoms. The van der Waals surface area contributed by atoms with Crippen molar-refractivity contribution in [2.45, 2.75) is 43.7 Å². The quantitative estimate of drug-likeness (QED) is 0.139. The normalized spacial score (nSPS) is 16.9. The predicted molar refractivity (Wildman–Crippen MR) is 213 cm³/mol. The van der Waals surface area contributed by atoms with E-state index in [4.69, 9.17) is 21.3 Å². The van der Waals surface area contributed by atoms with Gasteiger partial charge in [0.1, 0.15) is 41.1 Å². The van der Waals surface area contributed by atoms with Crippen molar-refractivity contribution in [2.24, 2.45) is 13.0 Å². The third-order valence-electron chi connectivity index (χ3n) is 10.8. The van der Waals surface area contributed by atoms with Gasteiger partial charge in [-0.3, -0.25) is 33.2 Å². The van der Waals surface area contributed by atoms with Gasteiger partial charge in [0.2, 0.25) is 21.8 Å². The molecule has 5 aromatic heterocycles. The van der Waals surface area contributed by atoms with Crippen LogP contribution in [0.5, 0.6) is 5.88 Å². The van der Waals surface area contributed by atoms with Crippen LogP contribution in [0.3, 0.4) is 0 Å². The minimum atomic E-state index is -3.93. The number of pyridine rings is 1. The van der Waals surface area contributed by atoms with Crippen LogP contribution in [0.4, 0.5) is 32.2 Å². The first kappa shape index (κ1) is 41.7. The zero-order valence-corrected chi connectivity index (χ0v) is 34.3. The molecule has 2 aromatic carbocycles. The summed E-state index contributed by atoms with van der Waals surface area (Å²) in [7, 11) is -1.12. The minimum Gasteiger partial charge on any atom is -0.480 e. The molecule has 0 aliphatic heterocycles. The molecule has 1 amide bonds. The summed E-state index contributed by atoms with van der Waals surface area (Å²) in [6.45, 7) is -1.01. The number of nitrogens with one attached hydrogen (secondary N) is 2. The van der Waals surface area contributed by atoms with Crippen molar-refractivity contribution in [3.8, 4) is 23.0 Å². The predicted octanol–water partition coefficient (Wildman–Crippen LogP) is 5.88. The Bertz CT molecular complexity index is 3220. The maximum Gasteiger partial charge on any atom is 0.293 e. The second-order valence-electron chi connectivity index (χ2n) is 15.0. The van der Waals surface area contributed by atoms with Crippen molar-refractivity contribution in [3.63, 3.8) is 0 Å². The number of rotatable bonds is 12. The lowest BCUT2D eigenvalue weighted by atomic mass is 10.0. The summed E-state index contributed by atoms with van der Waals surface area (Å²) >= 11 is 6.62. The van der Waals surface area contributed by atoms with Gasteiger partial charge in [0, 0.05) is 31.0 Å². The van der Waals surface area contributed by atoms with Crippen LogP contribution < -0.4 is 20.3 Å². The second kappa shape index (κ2) is 15.0. The first-order valence-electron chi connectivity index (χ1n) is 18.8. The van der Waals surface area contributed by atoms with E-state index in [0.29, 0.717) is 10.7 Å². The number of amides is 1. The second-order valence-corrected chi connectivity index (χ2v) is 17.2. The molecule has 7 aromatic rings. The van der Waals surface area contributed by atoms with Gasteiger partial charge in [-0.25, -0.2) is 40.9 Å². The molecular weight excluding hydrogens is 884 g/mol. The van der Waals surface area contributed by atoms with E-state index in [2.05, 4.69) is 35.2 Å². The number of methoxy groups -OCH3 is 1. The molecule has 63 heavy (non-hydrogen) atoms. The molecule has 0 saturated heterocycles. The molecule has 0 unspecified atom stereocenters. The number of carbonyl (C=O) groups excluding carboxylic acids is 1. The Morgan fingerprint density at radius 2 is 1.78 bits per heavy atom. The molecule has 2 N–H and O–H groups in total. The van der Waals surface area contributed by atoms with Crippen molar-refractivity contribution in [2.75, 3.05) is 18.1 Å². The third-order valence-corrected chi connectivity index (χ3v) is 11.6. The Kier molecular flexibility index (Phi) is 9.95. The van der Waals surface area contributed by atoms with E-state index in [-0.39, 0.29) is 79.1 Å². The SMILES string of the molecule is COc1cncc(-c2ccc3c(=O)n(-c4ccc(Cl)c5c(NS(C)(=O)=O)nn(C)c45)c([C@H](Cc4cc(F)cc(F)c4)NC(=O)Cn4nc(C(F)F)c5c4C(F)(F)[C@@H]4C[C@H]54)nc3n2)n1. The highest BCUT2D eigenvalue weighted by Crippen LogP contribution is 2.68. The van der Waals surface area contributed by atoms with Crippen molar-refractivity contribution < 1.29 is 44.3 Å². The standard InChI is InChI=1S/C39H30ClF6N11O5S/c1-55-32-26(7-5-22(40)30(32)36(53-55)54-63(3,60)61)57-37(51-35-19(38(57)59)4-6-23(50-35)25-13-47-14-28(49-25)62-2)24(10-16-8-17(41)11-18(42)9-16)48-27(58)15-56-33-29(31(52-56)34(43)44)20-12-21(20)39(33,45)46/h4-9,11,13-14,20-21,24,34H,10,12,15H2,1-3H3,(H,48,58)(H,53,54)/t20-,21+,24-/m0/s1. The summed E-state index contributed by atoms with van der Waals surface area (Å²) in [4.78, 5) is 46.9. The van der Waals surface area contributed by atoms with Gasteiger partial charge < -0.3 is 10.1 Å². The number of alkyl halides is 4. The van der Waals surface area contributed by atoms with E-state index >= 15 is 8.78 Å². The van der Waals surface area contributed by atoms with E-state index in [1.165, 1.54) is 55.5 Å². The fraction of sp³-hybridized carbons (Fsp3) is 0.282. The maximum atomic E-state index is 15.5. The molecule has 1 saturated carbocycles. The Morgan fingerprint density at radius 3 is 2.48 bits per heavy atom. The van der Waals surface area contributed by atoms with E-state index < -0.39 is 87.7 Å². The summed E-state index contributed by atoms with van der Waals surface area (Å²) in [6, 6.07) is 6.50. The van der Waals surface area contributed by atoms with Gasteiger partial charge in [-0.1, -0.05) is 11.6 Å². The first-order valence-corrected chi connectivity index (χ1v) is 21.0. The third kappa shape index (κ3) is 7.36. The molecular formula is C39H30ClF6N11O5S. The largest absolute Gasteiger partial charge is 0.480 e. The van der Waals surface area contributed by atoms with E-state index in [1.807, 2.05) is 0 Å². The van der Waals surface area contributed by atoms with Crippen molar-refractivity contribution in [1.82, 2.24) is 49.4 Å². The summed E-state index contributed by atoms with van der Waals surface area (Å²) in [5, 5.41) is 10.6. The Labute approximate surface area is 356 Å². The number of hydrogen-bond donors (Lipinski definition) is 2. The van der Waals surface area contributed by atoms with Crippen LogP contribution in [0.25, 0.3) is 39.0 Å². The topological polar surface area (TPSA) is 194 Å². The van der Waals surface area contributed by atoms with Crippen LogP contribution in [0, 0.1) is 17.6 Å². The lowest BCUT2D eigenvalue weighted by Crippen LogP contribution is -2.38. The molecule has 16 nitrogen and oxygen atoms in total. The Balaban J connectivity index is 1.26. The zero-order valence-electron chi connectivity index (χ0n) is 32.7. The maximum absolute atomic E-state index is 15.5. The molecule has 1 fully saturated rings. The number of aryl methyl sites for hydroxylation is 1. The summed E-state index contributed by atoms with van der Waals surface area (Å²) < 4.78 is 124. The minimum absolute atomic E-state index is 0.00602. The lowest BCUT2D eigenvalue weighted by Gasteiger charge is -2.24. The molecule has 0 bridgehead atoms. The van der Waals surface area contributed by atoms with Crippen molar-refractivity contribution in [3.05, 3.63) is 110 Å². The Hall–Kier alpha value is -6.62. The summed E-state index contributed by atoms with van der Waals surface area (Å²) in [5.74, 6) is -9.15. The lowest BCUT2D eigenvalue weighted by molar-refractivity contribution is -0.123. The van der Waals surface area contributed by atoms with Crippen LogP contribution in [0.15, 0.2) is 59.7 Å². The van der Waals surface area contributed by atoms with E-state index in [0.717, 1.165) is 23.0 Å². The molecule has 2 aliphatic carbocycles. The number of benzene rings is 2. The number of sulfonamides is 1. The fourth-order valence-corrected chi connectivity index (χ4v) is 8.91. The van der Waals surface area contributed by atoms with Gasteiger partial charge in [-0.15, -0.1) is 0 Å². The van der Waals surface area contributed by atoms with Gasteiger partial charge in [0.25, 0.3) is 17.9 Å². The van der Waals surface area contributed by atoms with E-state index in [9.17, 15) is 35.6 Å². The van der Waals surface area contributed by atoms with Crippen LogP contribution >= 0.6 is 11.6 Å². The molecule has 3 atom stereocenters. The smallest absolute Gasteiger partial charge is 0.293 e. The monoisotopic (exact) mass is 913 g/mol. The number of carbonyl (C=O) groups is 1. The fourth-order valence-electron chi connectivity index (χ4n) is 8.17. The van der Waals surface area contributed by atoms with Crippen LogP contribution in [0.1, 0.15) is 53.1 Å².